The summed E-state index contributed by atoms with van der Waals surface area (Å²) < 4.78 is 13.4. The van der Waals surface area contributed by atoms with Gasteiger partial charge in [-0.2, -0.15) is 0 Å². The van der Waals surface area contributed by atoms with Crippen LogP contribution in [0.5, 0.6) is 0 Å². The van der Waals surface area contributed by atoms with Crippen LogP contribution in [0.4, 0.5) is 0 Å². The van der Waals surface area contributed by atoms with Gasteiger partial charge in [0.15, 0.2) is 0 Å². The monoisotopic (exact) mass is 498 g/mol. The lowest BCUT2D eigenvalue weighted by atomic mass is 9.95. The second-order valence-electron chi connectivity index (χ2n) is 10.0. The second kappa shape index (κ2) is 10.6. The molecule has 7 nitrogen and oxygen atoms in total. The van der Waals surface area contributed by atoms with Gasteiger partial charge in [0, 0.05) is 63.7 Å². The first-order valence-corrected chi connectivity index (χ1v) is 13.3. The number of methoxy groups -OCH3 is 1. The van der Waals surface area contributed by atoms with E-state index in [-0.39, 0.29) is 11.9 Å². The summed E-state index contributed by atoms with van der Waals surface area (Å²) in [5.74, 6) is 0.0885. The lowest BCUT2D eigenvalue weighted by Crippen LogP contribution is -2.49. The molecule has 2 fully saturated rings. The number of amides is 1. The smallest absolute Gasteiger partial charge is 0.253 e. The number of fused-ring (bicyclic) bond motifs is 2. The fourth-order valence-corrected chi connectivity index (χ4v) is 5.52. The molecule has 1 atom stereocenters. The van der Waals surface area contributed by atoms with Gasteiger partial charge in [-0.15, -0.1) is 0 Å². The topological polar surface area (TPSA) is 68.6 Å². The highest BCUT2D eigenvalue weighted by molar-refractivity contribution is 6.05. The number of aryl methyl sites for hydroxylation is 1. The van der Waals surface area contributed by atoms with Crippen molar-refractivity contribution in [3.63, 3.8) is 0 Å². The number of rotatable bonds is 9. The van der Waals surface area contributed by atoms with Crippen molar-refractivity contribution in [2.45, 2.75) is 44.5 Å². The minimum atomic E-state index is -0.417. The van der Waals surface area contributed by atoms with Crippen LogP contribution >= 0.6 is 0 Å². The summed E-state index contributed by atoms with van der Waals surface area (Å²) in [6.45, 7) is 4.00. The van der Waals surface area contributed by atoms with Crippen LogP contribution in [0.15, 0.2) is 60.9 Å². The molecular formula is C30H34N4O3. The molecule has 7 heteroatoms. The van der Waals surface area contributed by atoms with E-state index >= 15 is 0 Å². The zero-order valence-corrected chi connectivity index (χ0v) is 21.4. The SMILES string of the molecule is COCCCn1cc(CN(C(=O)[C@H]2CNCCO2)C2CC2)c2c(-c3cccc4ccccc34)ccnc21. The van der Waals surface area contributed by atoms with Crippen molar-refractivity contribution >= 4 is 27.7 Å². The Morgan fingerprint density at radius 2 is 2.03 bits per heavy atom. The van der Waals surface area contributed by atoms with Gasteiger partial charge in [0.2, 0.25) is 0 Å². The Labute approximate surface area is 217 Å². The van der Waals surface area contributed by atoms with Crippen molar-refractivity contribution in [3.05, 3.63) is 66.5 Å². The average molecular weight is 499 g/mol. The molecule has 4 aromatic rings. The lowest BCUT2D eigenvalue weighted by molar-refractivity contribution is -0.146. The van der Waals surface area contributed by atoms with Crippen molar-refractivity contribution < 1.29 is 14.3 Å². The van der Waals surface area contributed by atoms with Gasteiger partial charge in [0.25, 0.3) is 5.91 Å². The molecular weight excluding hydrogens is 464 g/mol. The van der Waals surface area contributed by atoms with Gasteiger partial charge in [-0.3, -0.25) is 4.79 Å². The summed E-state index contributed by atoms with van der Waals surface area (Å²) in [5.41, 5.74) is 4.43. The highest BCUT2D eigenvalue weighted by atomic mass is 16.5. The van der Waals surface area contributed by atoms with Crippen molar-refractivity contribution in [1.82, 2.24) is 19.8 Å². The molecule has 1 amide bonds. The Morgan fingerprint density at radius 1 is 1.16 bits per heavy atom. The number of hydrogen-bond acceptors (Lipinski definition) is 5. The first kappa shape index (κ1) is 24.1. The van der Waals surface area contributed by atoms with Crippen LogP contribution in [0.1, 0.15) is 24.8 Å². The maximum absolute atomic E-state index is 13.6. The lowest BCUT2D eigenvalue weighted by Gasteiger charge is -2.30. The molecule has 2 aromatic carbocycles. The molecule has 1 saturated carbocycles. The van der Waals surface area contributed by atoms with Crippen LogP contribution in [0.25, 0.3) is 32.9 Å². The molecule has 3 heterocycles. The number of ether oxygens (including phenoxy) is 2. The standard InChI is InChI=1S/C30H34N4O3/c1-36-16-5-15-33-19-22(20-34(23-10-11-23)30(35)27-18-31-14-17-37-27)28-26(12-13-32-29(28)33)25-9-4-7-21-6-2-3-8-24(21)25/h2-4,6-9,12-13,19,23,27,31H,5,10-11,14-18,20H2,1H3/t27-/m1/s1. The predicted octanol–water partition coefficient (Wildman–Crippen LogP) is 4.37. The van der Waals surface area contributed by atoms with E-state index < -0.39 is 6.10 Å². The summed E-state index contributed by atoms with van der Waals surface area (Å²) in [7, 11) is 1.73. The van der Waals surface area contributed by atoms with Crippen LogP contribution in [-0.2, 0) is 27.4 Å². The molecule has 1 saturated heterocycles. The van der Waals surface area contributed by atoms with E-state index in [4.69, 9.17) is 14.5 Å². The van der Waals surface area contributed by atoms with E-state index in [0.717, 1.165) is 54.5 Å². The van der Waals surface area contributed by atoms with E-state index in [1.54, 1.807) is 7.11 Å². The maximum Gasteiger partial charge on any atom is 0.253 e. The minimum Gasteiger partial charge on any atom is -0.385 e. The number of aromatic nitrogens is 2. The quantitative estimate of drug-likeness (QED) is 0.347. The van der Waals surface area contributed by atoms with Gasteiger partial charge in [0.05, 0.1) is 6.61 Å². The fourth-order valence-electron chi connectivity index (χ4n) is 5.52. The van der Waals surface area contributed by atoms with E-state index in [9.17, 15) is 4.79 Å². The minimum absolute atomic E-state index is 0.0885. The molecule has 0 unspecified atom stereocenters. The molecule has 2 aromatic heterocycles. The zero-order chi connectivity index (χ0) is 25.2. The van der Waals surface area contributed by atoms with Crippen LogP contribution in [0.2, 0.25) is 0 Å². The van der Waals surface area contributed by atoms with Gasteiger partial charge in [-0.05, 0) is 52.8 Å². The van der Waals surface area contributed by atoms with Crippen molar-refractivity contribution in [2.24, 2.45) is 0 Å². The zero-order valence-electron chi connectivity index (χ0n) is 21.4. The summed E-state index contributed by atoms with van der Waals surface area (Å²) >= 11 is 0. The van der Waals surface area contributed by atoms with Gasteiger partial charge < -0.3 is 24.3 Å². The van der Waals surface area contributed by atoms with Crippen LogP contribution in [-0.4, -0.2) is 65.9 Å². The van der Waals surface area contributed by atoms with E-state index in [1.807, 2.05) is 11.1 Å². The fraction of sp³-hybridized carbons (Fsp3) is 0.400. The molecule has 1 aliphatic heterocycles. The van der Waals surface area contributed by atoms with E-state index in [1.165, 1.54) is 16.3 Å². The summed E-state index contributed by atoms with van der Waals surface area (Å²) in [6.07, 6.45) is 6.68. The first-order valence-electron chi connectivity index (χ1n) is 13.3. The third-order valence-electron chi connectivity index (χ3n) is 7.48. The Bertz CT molecular complexity index is 1400. The third kappa shape index (κ3) is 4.87. The highest BCUT2D eigenvalue weighted by Gasteiger charge is 2.37. The maximum atomic E-state index is 13.6. The molecule has 37 heavy (non-hydrogen) atoms. The number of nitrogens with zero attached hydrogens (tertiary/aromatic N) is 3. The van der Waals surface area contributed by atoms with E-state index in [2.05, 4.69) is 64.6 Å². The number of hydrogen-bond donors (Lipinski definition) is 1. The van der Waals surface area contributed by atoms with Crippen LogP contribution in [0, 0.1) is 0 Å². The summed E-state index contributed by atoms with van der Waals surface area (Å²) in [5, 5.41) is 6.85. The van der Waals surface area contributed by atoms with E-state index in [0.29, 0.717) is 26.3 Å². The number of carbonyl (C=O) groups excluding carboxylic acids is 1. The van der Waals surface area contributed by atoms with Crippen molar-refractivity contribution in [1.29, 1.82) is 0 Å². The number of benzene rings is 2. The first-order chi connectivity index (χ1) is 18.2. The Kier molecular flexibility index (Phi) is 6.91. The Balaban J connectivity index is 1.45. The van der Waals surface area contributed by atoms with Gasteiger partial charge in [-0.1, -0.05) is 42.5 Å². The predicted molar refractivity (Wildman–Crippen MR) is 145 cm³/mol. The van der Waals surface area contributed by atoms with Gasteiger partial charge in [0.1, 0.15) is 11.8 Å². The molecule has 192 valence electrons. The molecule has 2 aliphatic rings. The molecule has 6 rings (SSSR count). The summed E-state index contributed by atoms with van der Waals surface area (Å²) in [4.78, 5) is 20.5. The molecule has 0 spiro atoms. The van der Waals surface area contributed by atoms with Gasteiger partial charge >= 0.3 is 0 Å². The molecule has 1 aliphatic carbocycles. The van der Waals surface area contributed by atoms with Crippen molar-refractivity contribution in [3.8, 4) is 11.1 Å². The Hall–Kier alpha value is -3.26. The number of pyridine rings is 1. The van der Waals surface area contributed by atoms with Gasteiger partial charge in [-0.25, -0.2) is 4.98 Å². The molecule has 0 radical (unpaired) electrons. The summed E-state index contributed by atoms with van der Waals surface area (Å²) in [6, 6.07) is 17.4. The second-order valence-corrected chi connectivity index (χ2v) is 10.0. The highest BCUT2D eigenvalue weighted by Crippen LogP contribution is 2.38. The van der Waals surface area contributed by atoms with Crippen LogP contribution in [0.3, 0.4) is 0 Å². The Morgan fingerprint density at radius 3 is 2.84 bits per heavy atom. The number of morpholine rings is 1. The molecule has 1 N–H and O–H groups in total. The number of nitrogens with one attached hydrogen (secondary N) is 1. The normalized spacial score (nSPS) is 17.9. The molecule has 0 bridgehead atoms. The van der Waals surface area contributed by atoms with Crippen molar-refractivity contribution in [2.75, 3.05) is 33.4 Å². The third-order valence-corrected chi connectivity index (χ3v) is 7.48. The largest absolute Gasteiger partial charge is 0.385 e. The number of carbonyl (C=O) groups is 1. The average Bonchev–Trinajstić information content (AvgIpc) is 3.73. The van der Waals surface area contributed by atoms with Crippen LogP contribution < -0.4 is 5.32 Å².